The van der Waals surface area contributed by atoms with Crippen molar-refractivity contribution in [2.75, 3.05) is 6.61 Å². The second-order valence-electron chi connectivity index (χ2n) is 3.97. The van der Waals surface area contributed by atoms with Gasteiger partial charge in [0.05, 0.1) is 6.61 Å². The van der Waals surface area contributed by atoms with Gasteiger partial charge < -0.3 is 9.84 Å². The maximum atomic E-state index is 10.6. The molecule has 1 unspecified atom stereocenters. The van der Waals surface area contributed by atoms with Crippen LogP contribution in [0.2, 0.25) is 0 Å². The van der Waals surface area contributed by atoms with Crippen molar-refractivity contribution < 1.29 is 14.6 Å². The topological polar surface area (TPSA) is 46.5 Å². The van der Waals surface area contributed by atoms with Crippen LogP contribution >= 0.6 is 11.6 Å². The summed E-state index contributed by atoms with van der Waals surface area (Å²) in [6, 6.07) is 6.80. The van der Waals surface area contributed by atoms with Crippen LogP contribution in [0.1, 0.15) is 24.8 Å². The van der Waals surface area contributed by atoms with E-state index in [9.17, 15) is 4.79 Å². The van der Waals surface area contributed by atoms with Crippen LogP contribution in [0.25, 0.3) is 0 Å². The van der Waals surface area contributed by atoms with E-state index in [4.69, 9.17) is 21.4 Å². The molecule has 0 saturated carbocycles. The summed E-state index contributed by atoms with van der Waals surface area (Å²) in [5.74, 6) is 0.142. The standard InChI is InChI=1S/C12H15ClO3/c1-8(2)7-16-10-5-3-9(4-6-10)11(13)12(14)15/h3-6,8,11H,7H2,1-2H3,(H,14,15). The first kappa shape index (κ1) is 12.8. The molecule has 3 nitrogen and oxygen atoms in total. The lowest BCUT2D eigenvalue weighted by molar-refractivity contribution is -0.136. The molecule has 0 bridgehead atoms. The highest BCUT2D eigenvalue weighted by atomic mass is 35.5. The SMILES string of the molecule is CC(C)COc1ccc(C(Cl)C(=O)O)cc1. The predicted octanol–water partition coefficient (Wildman–Crippen LogP) is 3.09. The lowest BCUT2D eigenvalue weighted by Crippen LogP contribution is -2.06. The Kier molecular flexibility index (Phi) is 4.62. The number of carboxylic acids is 1. The van der Waals surface area contributed by atoms with Gasteiger partial charge in [0.25, 0.3) is 0 Å². The minimum absolute atomic E-state index is 0.458. The monoisotopic (exact) mass is 242 g/mol. The van der Waals surface area contributed by atoms with Crippen molar-refractivity contribution in [3.05, 3.63) is 29.8 Å². The number of benzene rings is 1. The fourth-order valence-electron chi connectivity index (χ4n) is 1.14. The zero-order valence-corrected chi connectivity index (χ0v) is 10.1. The van der Waals surface area contributed by atoms with Crippen LogP contribution in [0.15, 0.2) is 24.3 Å². The largest absolute Gasteiger partial charge is 0.493 e. The molecule has 0 radical (unpaired) electrons. The summed E-state index contributed by atoms with van der Waals surface area (Å²) in [7, 11) is 0. The summed E-state index contributed by atoms with van der Waals surface area (Å²) < 4.78 is 5.47. The number of ether oxygens (including phenoxy) is 1. The van der Waals surface area contributed by atoms with Gasteiger partial charge in [0.1, 0.15) is 5.75 Å². The van der Waals surface area contributed by atoms with Gasteiger partial charge in [-0.3, -0.25) is 4.79 Å². The van der Waals surface area contributed by atoms with E-state index >= 15 is 0 Å². The molecular weight excluding hydrogens is 228 g/mol. The molecule has 4 heteroatoms. The Balaban J connectivity index is 2.64. The smallest absolute Gasteiger partial charge is 0.326 e. The highest BCUT2D eigenvalue weighted by molar-refractivity contribution is 6.29. The van der Waals surface area contributed by atoms with Crippen LogP contribution in [0.5, 0.6) is 5.75 Å². The van der Waals surface area contributed by atoms with Crippen LogP contribution < -0.4 is 4.74 Å². The predicted molar refractivity (Wildman–Crippen MR) is 63.0 cm³/mol. The Morgan fingerprint density at radius 2 is 1.94 bits per heavy atom. The van der Waals surface area contributed by atoms with Gasteiger partial charge in [-0.15, -0.1) is 11.6 Å². The molecule has 1 aromatic carbocycles. The average Bonchev–Trinajstić information content (AvgIpc) is 2.26. The fourth-order valence-corrected chi connectivity index (χ4v) is 1.28. The molecule has 16 heavy (non-hydrogen) atoms. The van der Waals surface area contributed by atoms with Gasteiger partial charge in [0.2, 0.25) is 0 Å². The third-order valence-electron chi connectivity index (χ3n) is 1.97. The van der Waals surface area contributed by atoms with Crippen molar-refractivity contribution in [2.45, 2.75) is 19.2 Å². The molecule has 0 amide bonds. The second kappa shape index (κ2) is 5.75. The van der Waals surface area contributed by atoms with Gasteiger partial charge >= 0.3 is 5.97 Å². The molecule has 0 aliphatic carbocycles. The van der Waals surface area contributed by atoms with E-state index < -0.39 is 11.3 Å². The fraction of sp³-hybridized carbons (Fsp3) is 0.417. The van der Waals surface area contributed by atoms with E-state index in [0.29, 0.717) is 18.1 Å². The van der Waals surface area contributed by atoms with E-state index in [1.165, 1.54) is 0 Å². The zero-order chi connectivity index (χ0) is 12.1. The molecule has 0 fully saturated rings. The molecule has 0 spiro atoms. The summed E-state index contributed by atoms with van der Waals surface area (Å²) in [5, 5.41) is 7.72. The Hall–Kier alpha value is -1.22. The normalized spacial score (nSPS) is 12.5. The number of aliphatic carboxylic acids is 1. The van der Waals surface area contributed by atoms with E-state index in [1.807, 2.05) is 0 Å². The van der Waals surface area contributed by atoms with Crippen LogP contribution in [0.4, 0.5) is 0 Å². The number of halogens is 1. The van der Waals surface area contributed by atoms with Crippen LogP contribution in [0, 0.1) is 5.92 Å². The quantitative estimate of drug-likeness (QED) is 0.807. The van der Waals surface area contributed by atoms with Crippen molar-refractivity contribution in [3.63, 3.8) is 0 Å². The van der Waals surface area contributed by atoms with E-state index in [2.05, 4.69) is 13.8 Å². The third-order valence-corrected chi connectivity index (χ3v) is 2.41. The van der Waals surface area contributed by atoms with Crippen LogP contribution in [-0.4, -0.2) is 17.7 Å². The first-order valence-corrected chi connectivity index (χ1v) is 5.54. The zero-order valence-electron chi connectivity index (χ0n) is 9.31. The minimum Gasteiger partial charge on any atom is -0.493 e. The first-order chi connectivity index (χ1) is 7.50. The van der Waals surface area contributed by atoms with Gasteiger partial charge in [-0.05, 0) is 23.6 Å². The Morgan fingerprint density at radius 3 is 2.38 bits per heavy atom. The van der Waals surface area contributed by atoms with Crippen molar-refractivity contribution in [1.82, 2.24) is 0 Å². The van der Waals surface area contributed by atoms with E-state index in [0.717, 1.165) is 5.75 Å². The Bertz CT molecular complexity index is 346. The molecule has 1 atom stereocenters. The van der Waals surface area contributed by atoms with Gasteiger partial charge in [-0.25, -0.2) is 0 Å². The maximum absolute atomic E-state index is 10.6. The summed E-state index contributed by atoms with van der Waals surface area (Å²) in [4.78, 5) is 10.6. The summed E-state index contributed by atoms with van der Waals surface area (Å²) in [6.45, 7) is 4.77. The molecule has 0 saturated heterocycles. The number of hydrogen-bond donors (Lipinski definition) is 1. The first-order valence-electron chi connectivity index (χ1n) is 5.10. The maximum Gasteiger partial charge on any atom is 0.326 e. The second-order valence-corrected chi connectivity index (χ2v) is 4.41. The molecule has 88 valence electrons. The average molecular weight is 243 g/mol. The molecule has 1 N–H and O–H groups in total. The van der Waals surface area contributed by atoms with Crippen molar-refractivity contribution in [2.24, 2.45) is 5.92 Å². The molecule has 0 aliphatic rings. The van der Waals surface area contributed by atoms with Crippen molar-refractivity contribution in [3.8, 4) is 5.75 Å². The van der Waals surface area contributed by atoms with E-state index in [-0.39, 0.29) is 0 Å². The summed E-state index contributed by atoms with van der Waals surface area (Å²) in [5.41, 5.74) is 0.561. The van der Waals surface area contributed by atoms with Crippen molar-refractivity contribution in [1.29, 1.82) is 0 Å². The summed E-state index contributed by atoms with van der Waals surface area (Å²) >= 11 is 5.68. The molecule has 0 heterocycles. The Morgan fingerprint density at radius 1 is 1.38 bits per heavy atom. The third kappa shape index (κ3) is 3.74. The molecule has 0 aromatic heterocycles. The molecule has 1 rings (SSSR count). The highest BCUT2D eigenvalue weighted by Gasteiger charge is 2.15. The van der Waals surface area contributed by atoms with E-state index in [1.54, 1.807) is 24.3 Å². The van der Waals surface area contributed by atoms with Gasteiger partial charge in [0, 0.05) is 0 Å². The van der Waals surface area contributed by atoms with Crippen LogP contribution in [0.3, 0.4) is 0 Å². The lowest BCUT2D eigenvalue weighted by atomic mass is 10.1. The number of rotatable bonds is 5. The molecule has 0 aliphatic heterocycles. The van der Waals surface area contributed by atoms with Gasteiger partial charge in [-0.1, -0.05) is 26.0 Å². The lowest BCUT2D eigenvalue weighted by Gasteiger charge is -2.10. The molecule has 1 aromatic rings. The number of hydrogen-bond acceptors (Lipinski definition) is 2. The van der Waals surface area contributed by atoms with Gasteiger partial charge in [-0.2, -0.15) is 0 Å². The summed E-state index contributed by atoms with van der Waals surface area (Å²) in [6.07, 6.45) is 0. The number of alkyl halides is 1. The Labute approximate surface area is 100.0 Å². The highest BCUT2D eigenvalue weighted by Crippen LogP contribution is 2.23. The molecular formula is C12H15ClO3. The minimum atomic E-state index is -1.04. The van der Waals surface area contributed by atoms with Crippen LogP contribution in [-0.2, 0) is 4.79 Å². The number of carboxylic acid groups (broad SMARTS) is 1. The van der Waals surface area contributed by atoms with Gasteiger partial charge in [0.15, 0.2) is 5.38 Å². The van der Waals surface area contributed by atoms with Crippen molar-refractivity contribution >= 4 is 17.6 Å². The number of carbonyl (C=O) groups is 1.